The van der Waals surface area contributed by atoms with Crippen molar-refractivity contribution in [3.05, 3.63) is 41.7 Å². The number of hydrogen-bond acceptors (Lipinski definition) is 4. The summed E-state index contributed by atoms with van der Waals surface area (Å²) in [4.78, 5) is 36.8. The molecule has 0 aliphatic heterocycles. The van der Waals surface area contributed by atoms with Crippen molar-refractivity contribution in [1.29, 1.82) is 0 Å². The van der Waals surface area contributed by atoms with E-state index < -0.39 is 6.09 Å². The highest BCUT2D eigenvalue weighted by atomic mass is 19.1. The van der Waals surface area contributed by atoms with Gasteiger partial charge < -0.3 is 24.9 Å². The fourth-order valence-electron chi connectivity index (χ4n) is 3.81. The SMILES string of the molecule is CCCN(C(=O)CNC(=O)OC)C(CC)c1ncc(-c2ccc(F)c3c(C)c[nH]c23)[nH]1. The van der Waals surface area contributed by atoms with Gasteiger partial charge in [-0.2, -0.15) is 0 Å². The Kier molecular flexibility index (Phi) is 6.94. The summed E-state index contributed by atoms with van der Waals surface area (Å²) in [6, 6.07) is 2.87. The van der Waals surface area contributed by atoms with Crippen molar-refractivity contribution in [2.24, 2.45) is 0 Å². The van der Waals surface area contributed by atoms with Crippen LogP contribution in [0.3, 0.4) is 0 Å². The number of nitrogens with zero attached hydrogens (tertiary/aromatic N) is 2. The molecular formula is C22H28FN5O3. The molecule has 0 spiro atoms. The topological polar surface area (TPSA) is 103 Å². The number of hydrogen-bond donors (Lipinski definition) is 3. The molecule has 3 aromatic rings. The molecule has 1 unspecified atom stereocenters. The van der Waals surface area contributed by atoms with E-state index in [-0.39, 0.29) is 24.3 Å². The first-order valence-corrected chi connectivity index (χ1v) is 10.3. The van der Waals surface area contributed by atoms with Gasteiger partial charge >= 0.3 is 6.09 Å². The lowest BCUT2D eigenvalue weighted by molar-refractivity contribution is -0.133. The van der Waals surface area contributed by atoms with Crippen LogP contribution in [0, 0.1) is 12.7 Å². The van der Waals surface area contributed by atoms with Crippen molar-refractivity contribution in [2.75, 3.05) is 20.2 Å². The number of carbonyl (C=O) groups is 2. The van der Waals surface area contributed by atoms with Gasteiger partial charge in [-0.1, -0.05) is 13.8 Å². The van der Waals surface area contributed by atoms with E-state index in [1.54, 1.807) is 23.4 Å². The van der Waals surface area contributed by atoms with Crippen LogP contribution >= 0.6 is 0 Å². The number of fused-ring (bicyclic) bond motifs is 1. The molecule has 0 saturated carbocycles. The lowest BCUT2D eigenvalue weighted by atomic mass is 10.1. The maximum atomic E-state index is 14.3. The van der Waals surface area contributed by atoms with Crippen LogP contribution in [-0.2, 0) is 9.53 Å². The average Bonchev–Trinajstić information content (AvgIpc) is 3.40. The Balaban J connectivity index is 1.90. The molecule has 166 valence electrons. The molecular weight excluding hydrogens is 401 g/mol. The van der Waals surface area contributed by atoms with E-state index in [0.717, 1.165) is 23.2 Å². The number of nitrogens with one attached hydrogen (secondary N) is 3. The summed E-state index contributed by atoms with van der Waals surface area (Å²) in [5.74, 6) is 0.140. The van der Waals surface area contributed by atoms with Crippen LogP contribution in [0.15, 0.2) is 24.5 Å². The zero-order valence-electron chi connectivity index (χ0n) is 18.2. The third-order valence-corrected chi connectivity index (χ3v) is 5.30. The van der Waals surface area contributed by atoms with E-state index in [4.69, 9.17) is 0 Å². The second-order valence-electron chi connectivity index (χ2n) is 7.36. The Hall–Kier alpha value is -3.36. The number of halogens is 1. The van der Waals surface area contributed by atoms with E-state index in [1.807, 2.05) is 20.8 Å². The number of benzene rings is 1. The van der Waals surface area contributed by atoms with Crippen LogP contribution < -0.4 is 5.32 Å². The monoisotopic (exact) mass is 429 g/mol. The van der Waals surface area contributed by atoms with E-state index in [2.05, 4.69) is 25.0 Å². The Labute approximate surface area is 180 Å². The van der Waals surface area contributed by atoms with Gasteiger partial charge in [0.25, 0.3) is 0 Å². The summed E-state index contributed by atoms with van der Waals surface area (Å²) in [5.41, 5.74) is 3.07. The highest BCUT2D eigenvalue weighted by Crippen LogP contribution is 2.32. The van der Waals surface area contributed by atoms with Crippen LogP contribution in [0.25, 0.3) is 22.2 Å². The van der Waals surface area contributed by atoms with Crippen LogP contribution in [-0.4, -0.2) is 52.1 Å². The van der Waals surface area contributed by atoms with Gasteiger partial charge in [-0.25, -0.2) is 14.2 Å². The smallest absolute Gasteiger partial charge is 0.407 e. The van der Waals surface area contributed by atoms with Crippen LogP contribution in [0.5, 0.6) is 0 Å². The highest BCUT2D eigenvalue weighted by molar-refractivity contribution is 5.95. The summed E-state index contributed by atoms with van der Waals surface area (Å²) < 4.78 is 18.8. The fraction of sp³-hybridized carbons (Fsp3) is 0.409. The van der Waals surface area contributed by atoms with Crippen molar-refractivity contribution in [1.82, 2.24) is 25.2 Å². The molecule has 3 N–H and O–H groups in total. The maximum absolute atomic E-state index is 14.3. The van der Waals surface area contributed by atoms with Gasteiger partial charge in [-0.05, 0) is 37.5 Å². The number of imidazole rings is 1. The van der Waals surface area contributed by atoms with Crippen molar-refractivity contribution in [3.63, 3.8) is 0 Å². The number of rotatable bonds is 8. The molecule has 1 aromatic carbocycles. The minimum absolute atomic E-state index is 0.156. The lowest BCUT2D eigenvalue weighted by Gasteiger charge is -2.29. The van der Waals surface area contributed by atoms with Gasteiger partial charge in [0, 0.05) is 23.7 Å². The van der Waals surface area contributed by atoms with Crippen molar-refractivity contribution >= 4 is 22.9 Å². The predicted octanol–water partition coefficient (Wildman–Crippen LogP) is 4.05. The maximum Gasteiger partial charge on any atom is 0.407 e. The minimum Gasteiger partial charge on any atom is -0.453 e. The molecule has 9 heteroatoms. The largest absolute Gasteiger partial charge is 0.453 e. The molecule has 0 radical (unpaired) electrons. The number of aromatic amines is 2. The molecule has 0 saturated heterocycles. The third-order valence-electron chi connectivity index (χ3n) is 5.30. The number of aryl methyl sites for hydroxylation is 1. The lowest BCUT2D eigenvalue weighted by Crippen LogP contribution is -2.42. The van der Waals surface area contributed by atoms with E-state index in [9.17, 15) is 14.0 Å². The number of amides is 2. The molecule has 31 heavy (non-hydrogen) atoms. The first-order valence-electron chi connectivity index (χ1n) is 10.3. The molecule has 8 nitrogen and oxygen atoms in total. The summed E-state index contributed by atoms with van der Waals surface area (Å²) in [7, 11) is 1.25. The van der Waals surface area contributed by atoms with E-state index in [1.165, 1.54) is 13.2 Å². The van der Waals surface area contributed by atoms with Crippen LogP contribution in [0.1, 0.15) is 44.1 Å². The second kappa shape index (κ2) is 9.63. The van der Waals surface area contributed by atoms with Gasteiger partial charge in [0.15, 0.2) is 0 Å². The first-order chi connectivity index (χ1) is 14.9. The zero-order chi connectivity index (χ0) is 22.5. The standard InChI is InChI=1S/C22H28FN5O3/c1-5-9-28(18(29)12-26-22(30)31-4)17(6-2)21-25-11-16(27-21)14-7-8-15(23)19-13(3)10-24-20(14)19/h7-8,10-11,17,24H,5-6,9,12H2,1-4H3,(H,25,27)(H,26,30). The Morgan fingerprint density at radius 2 is 2.10 bits per heavy atom. The molecule has 0 fully saturated rings. The number of methoxy groups -OCH3 is 1. The average molecular weight is 429 g/mol. The first kappa shape index (κ1) is 22.3. The van der Waals surface area contributed by atoms with Gasteiger partial charge in [-0.15, -0.1) is 0 Å². The van der Waals surface area contributed by atoms with E-state index in [0.29, 0.717) is 29.7 Å². The molecule has 0 bridgehead atoms. The predicted molar refractivity (Wildman–Crippen MR) is 116 cm³/mol. The van der Waals surface area contributed by atoms with Crippen LogP contribution in [0.2, 0.25) is 0 Å². The van der Waals surface area contributed by atoms with Crippen LogP contribution in [0.4, 0.5) is 9.18 Å². The Morgan fingerprint density at radius 1 is 1.32 bits per heavy atom. The number of aromatic nitrogens is 3. The molecule has 3 rings (SSSR count). The fourth-order valence-corrected chi connectivity index (χ4v) is 3.81. The van der Waals surface area contributed by atoms with Gasteiger partial charge in [0.2, 0.25) is 5.91 Å². The minimum atomic E-state index is -0.653. The Morgan fingerprint density at radius 3 is 2.77 bits per heavy atom. The highest BCUT2D eigenvalue weighted by Gasteiger charge is 2.26. The van der Waals surface area contributed by atoms with Crippen molar-refractivity contribution in [3.8, 4) is 11.3 Å². The summed E-state index contributed by atoms with van der Waals surface area (Å²) in [5, 5.41) is 2.99. The number of carbonyl (C=O) groups excluding carboxylic acids is 2. The van der Waals surface area contributed by atoms with Crippen molar-refractivity contribution < 1.29 is 18.7 Å². The quantitative estimate of drug-likeness (QED) is 0.503. The summed E-state index contributed by atoms with van der Waals surface area (Å²) in [6.07, 6.45) is 4.22. The molecule has 2 heterocycles. The van der Waals surface area contributed by atoms with Gasteiger partial charge in [0.1, 0.15) is 18.2 Å². The second-order valence-corrected chi connectivity index (χ2v) is 7.36. The molecule has 0 aliphatic rings. The zero-order valence-corrected chi connectivity index (χ0v) is 18.2. The van der Waals surface area contributed by atoms with E-state index >= 15 is 0 Å². The number of alkyl carbamates (subject to hydrolysis) is 1. The van der Waals surface area contributed by atoms with Gasteiger partial charge in [-0.3, -0.25) is 4.79 Å². The molecule has 2 aromatic heterocycles. The number of H-pyrrole nitrogens is 2. The summed E-state index contributed by atoms with van der Waals surface area (Å²) in [6.45, 7) is 6.18. The normalized spacial score (nSPS) is 12.0. The number of ether oxygens (including phenoxy) is 1. The third kappa shape index (κ3) is 4.55. The van der Waals surface area contributed by atoms with Crippen molar-refractivity contribution in [2.45, 2.75) is 39.7 Å². The summed E-state index contributed by atoms with van der Waals surface area (Å²) >= 11 is 0. The molecule has 1 atom stereocenters. The Bertz CT molecular complexity index is 1070. The molecule has 2 amide bonds. The molecule has 0 aliphatic carbocycles. The van der Waals surface area contributed by atoms with Gasteiger partial charge in [0.05, 0.1) is 30.6 Å².